The number of hydrogen-bond donors (Lipinski definition) is 1. The number of ether oxygens (including phenoxy) is 2. The van der Waals surface area contributed by atoms with Gasteiger partial charge in [-0.1, -0.05) is 41.9 Å². The fourth-order valence-electron chi connectivity index (χ4n) is 4.41. The van der Waals surface area contributed by atoms with E-state index in [2.05, 4.69) is 9.97 Å². The van der Waals surface area contributed by atoms with Gasteiger partial charge in [0.05, 0.1) is 22.9 Å². The van der Waals surface area contributed by atoms with Gasteiger partial charge in [-0.05, 0) is 49.1 Å². The molecule has 180 valence electrons. The highest BCUT2D eigenvalue weighted by Crippen LogP contribution is 2.32. The van der Waals surface area contributed by atoms with Crippen LogP contribution in [-0.2, 0) is 16.1 Å². The molecular weight excluding hydrogens is 468 g/mol. The molecule has 2 aromatic heterocycles. The number of H-pyrrole nitrogens is 1. The Balaban J connectivity index is 1.56. The number of amides is 1. The van der Waals surface area contributed by atoms with Crippen molar-refractivity contribution in [3.63, 3.8) is 0 Å². The summed E-state index contributed by atoms with van der Waals surface area (Å²) in [6.45, 7) is 3.18. The van der Waals surface area contributed by atoms with E-state index < -0.39 is 6.09 Å². The minimum atomic E-state index is -0.582. The standard InChI is InChI=1S/C26H25ClN4O4/c1-17-13-19(27)7-8-22(17)31(26(33)35-16-18-5-3-2-4-6-18)24-14-23-21(15-28-24)29-25(32)30(23)20-9-11-34-12-10-20/h2-8,13-15,20H,9-12,16H2,1H3,(H,29,32). The maximum absolute atomic E-state index is 13.4. The molecule has 0 atom stereocenters. The smallest absolute Gasteiger partial charge is 0.420 e. The van der Waals surface area contributed by atoms with E-state index in [1.165, 1.54) is 4.90 Å². The first-order valence-corrected chi connectivity index (χ1v) is 11.8. The van der Waals surface area contributed by atoms with Gasteiger partial charge in [0.2, 0.25) is 0 Å². The van der Waals surface area contributed by atoms with E-state index >= 15 is 0 Å². The lowest BCUT2D eigenvalue weighted by Gasteiger charge is -2.25. The second-order valence-corrected chi connectivity index (χ2v) is 8.95. The molecule has 0 unspecified atom stereocenters. The summed E-state index contributed by atoms with van der Waals surface area (Å²) in [4.78, 5) is 35.0. The second kappa shape index (κ2) is 9.93. The van der Waals surface area contributed by atoms with Crippen molar-refractivity contribution in [2.45, 2.75) is 32.4 Å². The van der Waals surface area contributed by atoms with E-state index in [0.717, 1.165) is 24.0 Å². The predicted octanol–water partition coefficient (Wildman–Crippen LogP) is 5.51. The Morgan fingerprint density at radius 2 is 1.97 bits per heavy atom. The number of hydrogen-bond acceptors (Lipinski definition) is 5. The largest absolute Gasteiger partial charge is 0.444 e. The van der Waals surface area contributed by atoms with E-state index in [1.807, 2.05) is 37.3 Å². The Morgan fingerprint density at radius 1 is 1.20 bits per heavy atom. The molecule has 1 aliphatic rings. The van der Waals surface area contributed by atoms with Gasteiger partial charge in [-0.2, -0.15) is 0 Å². The lowest BCUT2D eigenvalue weighted by Crippen LogP contribution is -2.29. The summed E-state index contributed by atoms with van der Waals surface area (Å²) < 4.78 is 12.9. The lowest BCUT2D eigenvalue weighted by atomic mass is 10.1. The number of pyridine rings is 1. The molecule has 4 aromatic rings. The molecule has 1 aliphatic heterocycles. The Labute approximate surface area is 207 Å². The Morgan fingerprint density at radius 3 is 2.71 bits per heavy atom. The third-order valence-corrected chi connectivity index (χ3v) is 6.40. The van der Waals surface area contributed by atoms with E-state index in [0.29, 0.717) is 40.8 Å². The summed E-state index contributed by atoms with van der Waals surface area (Å²) in [5.74, 6) is 0.348. The summed E-state index contributed by atoms with van der Waals surface area (Å²) in [7, 11) is 0. The van der Waals surface area contributed by atoms with Gasteiger partial charge >= 0.3 is 11.8 Å². The number of aryl methyl sites for hydroxylation is 1. The molecule has 8 nitrogen and oxygen atoms in total. The van der Waals surface area contributed by atoms with Crippen LogP contribution in [0.15, 0.2) is 65.6 Å². The van der Waals surface area contributed by atoms with Crippen LogP contribution in [0.5, 0.6) is 0 Å². The number of imidazole rings is 1. The number of carbonyl (C=O) groups is 1. The Bertz CT molecular complexity index is 1410. The second-order valence-electron chi connectivity index (χ2n) is 8.51. The minimum absolute atomic E-state index is 0.0102. The number of anilines is 2. The molecule has 3 heterocycles. The molecule has 0 spiro atoms. The summed E-state index contributed by atoms with van der Waals surface area (Å²) in [6, 6.07) is 16.5. The SMILES string of the molecule is Cc1cc(Cl)ccc1N(C(=O)OCc1ccccc1)c1cc2c(cn1)[nH]c(=O)n2C1CCOCC1. The maximum atomic E-state index is 13.4. The molecule has 9 heteroatoms. The van der Waals surface area contributed by atoms with Crippen LogP contribution in [0.2, 0.25) is 5.02 Å². The van der Waals surface area contributed by atoms with Crippen LogP contribution in [0, 0.1) is 6.92 Å². The number of nitrogens with one attached hydrogen (secondary N) is 1. The van der Waals surface area contributed by atoms with Crippen molar-refractivity contribution in [3.05, 3.63) is 87.4 Å². The number of aromatic nitrogens is 3. The molecule has 0 radical (unpaired) electrons. The molecular formula is C26H25ClN4O4. The predicted molar refractivity (Wildman–Crippen MR) is 134 cm³/mol. The third-order valence-electron chi connectivity index (χ3n) is 6.16. The van der Waals surface area contributed by atoms with Crippen LogP contribution in [0.3, 0.4) is 0 Å². The Hall–Kier alpha value is -3.62. The zero-order valence-electron chi connectivity index (χ0n) is 19.2. The van der Waals surface area contributed by atoms with Crippen LogP contribution in [0.4, 0.5) is 16.3 Å². The fraction of sp³-hybridized carbons (Fsp3) is 0.269. The number of carbonyl (C=O) groups excluding carboxylic acids is 1. The molecule has 1 saturated heterocycles. The minimum Gasteiger partial charge on any atom is -0.444 e. The van der Waals surface area contributed by atoms with Gasteiger partial charge in [-0.3, -0.25) is 4.57 Å². The molecule has 1 N–H and O–H groups in total. The number of rotatable bonds is 5. The van der Waals surface area contributed by atoms with Crippen LogP contribution in [0.1, 0.15) is 30.0 Å². The van der Waals surface area contributed by atoms with E-state index in [4.69, 9.17) is 21.1 Å². The van der Waals surface area contributed by atoms with Gasteiger partial charge in [0.1, 0.15) is 12.4 Å². The number of nitrogens with zero attached hydrogens (tertiary/aromatic N) is 3. The molecule has 0 aliphatic carbocycles. The molecule has 1 fully saturated rings. The summed E-state index contributed by atoms with van der Waals surface area (Å²) in [5.41, 5.74) is 3.33. The van der Waals surface area contributed by atoms with Crippen LogP contribution in [0.25, 0.3) is 11.0 Å². The van der Waals surface area contributed by atoms with E-state index in [-0.39, 0.29) is 18.3 Å². The highest BCUT2D eigenvalue weighted by Gasteiger charge is 2.26. The van der Waals surface area contributed by atoms with Crippen LogP contribution in [-0.4, -0.2) is 33.8 Å². The van der Waals surface area contributed by atoms with E-state index in [1.54, 1.807) is 35.0 Å². The van der Waals surface area contributed by atoms with Gasteiger partial charge in [-0.25, -0.2) is 19.5 Å². The van der Waals surface area contributed by atoms with Gasteiger partial charge in [0.25, 0.3) is 0 Å². The van der Waals surface area contributed by atoms with Crippen molar-refractivity contribution in [1.29, 1.82) is 0 Å². The van der Waals surface area contributed by atoms with Crippen LogP contribution < -0.4 is 10.6 Å². The van der Waals surface area contributed by atoms with Crippen molar-refractivity contribution in [2.75, 3.05) is 18.1 Å². The zero-order valence-corrected chi connectivity index (χ0v) is 20.0. The normalized spacial score (nSPS) is 14.2. The van der Waals surface area contributed by atoms with Crippen molar-refractivity contribution >= 4 is 40.2 Å². The number of aromatic amines is 1. The highest BCUT2D eigenvalue weighted by molar-refractivity contribution is 6.30. The van der Waals surface area contributed by atoms with Crippen molar-refractivity contribution in [3.8, 4) is 0 Å². The molecule has 2 aromatic carbocycles. The molecule has 1 amide bonds. The summed E-state index contributed by atoms with van der Waals surface area (Å²) >= 11 is 6.17. The van der Waals surface area contributed by atoms with Gasteiger partial charge in [0, 0.05) is 30.3 Å². The average molecular weight is 493 g/mol. The molecule has 35 heavy (non-hydrogen) atoms. The first kappa shape index (κ1) is 23.1. The lowest BCUT2D eigenvalue weighted by molar-refractivity contribution is 0.0698. The summed E-state index contributed by atoms with van der Waals surface area (Å²) in [5, 5.41) is 0.561. The van der Waals surface area contributed by atoms with Crippen LogP contribution >= 0.6 is 11.6 Å². The number of benzene rings is 2. The first-order chi connectivity index (χ1) is 17.0. The molecule has 0 bridgehead atoms. The quantitative estimate of drug-likeness (QED) is 0.396. The van der Waals surface area contributed by atoms with Gasteiger partial charge in [-0.15, -0.1) is 0 Å². The molecule has 5 rings (SSSR count). The third kappa shape index (κ3) is 4.80. The molecule has 0 saturated carbocycles. The monoisotopic (exact) mass is 492 g/mol. The Kier molecular flexibility index (Phi) is 6.57. The number of halogens is 1. The average Bonchev–Trinajstić information content (AvgIpc) is 3.20. The van der Waals surface area contributed by atoms with Crippen molar-refractivity contribution in [2.24, 2.45) is 0 Å². The topological polar surface area (TPSA) is 89.5 Å². The van der Waals surface area contributed by atoms with Crippen molar-refractivity contribution in [1.82, 2.24) is 14.5 Å². The summed E-state index contributed by atoms with van der Waals surface area (Å²) in [6.07, 6.45) is 2.47. The maximum Gasteiger partial charge on any atom is 0.420 e. The fourth-order valence-corrected chi connectivity index (χ4v) is 4.64. The van der Waals surface area contributed by atoms with Gasteiger partial charge in [0.15, 0.2) is 0 Å². The van der Waals surface area contributed by atoms with Gasteiger partial charge < -0.3 is 14.5 Å². The number of fused-ring (bicyclic) bond motifs is 1. The first-order valence-electron chi connectivity index (χ1n) is 11.5. The van der Waals surface area contributed by atoms with Crippen molar-refractivity contribution < 1.29 is 14.3 Å². The highest BCUT2D eigenvalue weighted by atomic mass is 35.5. The zero-order chi connectivity index (χ0) is 24.4. The van der Waals surface area contributed by atoms with E-state index in [9.17, 15) is 9.59 Å².